The third-order valence-electron chi connectivity index (χ3n) is 17.0. The van der Waals surface area contributed by atoms with Crippen molar-refractivity contribution in [3.8, 4) is 0 Å². The molecule has 17 atom stereocenters. The van der Waals surface area contributed by atoms with Gasteiger partial charge in [0.05, 0.1) is 38.6 Å². The number of amides is 1. The van der Waals surface area contributed by atoms with Crippen LogP contribution >= 0.6 is 0 Å². The molecule has 12 N–H and O–H groups in total. The van der Waals surface area contributed by atoms with E-state index in [2.05, 4.69) is 129 Å². The number of allylic oxidation sites excluding steroid dienone is 19. The maximum Gasteiger partial charge on any atom is 0.220 e. The van der Waals surface area contributed by atoms with Crippen LogP contribution in [-0.4, -0.2) is 193 Å². The van der Waals surface area contributed by atoms with Gasteiger partial charge in [0.15, 0.2) is 18.9 Å². The molecule has 19 nitrogen and oxygen atoms in total. The molecule has 17 unspecified atom stereocenters. The Kier molecular flexibility index (Phi) is 49.5. The van der Waals surface area contributed by atoms with E-state index in [9.17, 15) is 61.0 Å². The molecule has 0 aliphatic carbocycles. The van der Waals surface area contributed by atoms with Crippen molar-refractivity contribution >= 4 is 5.91 Å². The SMILES string of the molecule is CC/C=C\C/C=C\C/C=C\C/C=C\C/C=C\C/C=C\C/C=C\C/C=C\CCCCCCCCCCCCC(=O)NC(COC1OC(CO)C(OC2OC(CO)C(OC3OC(CO)C(O)C(O)C3O)C(O)C2O)C(O)C1O)C(O)/C=C/CC/C=C/CCCCCCCCCC. The highest BCUT2D eigenvalue weighted by atomic mass is 16.8. The lowest BCUT2D eigenvalue weighted by molar-refractivity contribution is -0.379. The number of aliphatic hydroxyl groups is 11. The van der Waals surface area contributed by atoms with E-state index >= 15 is 0 Å². The molecule has 0 aromatic carbocycles. The molecule has 94 heavy (non-hydrogen) atoms. The summed E-state index contributed by atoms with van der Waals surface area (Å²) in [6.07, 6.45) is 49.0. The lowest BCUT2D eigenvalue weighted by Gasteiger charge is -2.48. The first kappa shape index (κ1) is 84.4. The van der Waals surface area contributed by atoms with Gasteiger partial charge in [-0.2, -0.15) is 0 Å². The molecule has 3 fully saturated rings. The fourth-order valence-electron chi connectivity index (χ4n) is 11.2. The molecule has 0 aromatic rings. The molecule has 0 saturated carbocycles. The number of nitrogens with one attached hydrogen (secondary N) is 1. The normalized spacial score (nSPS) is 28.1. The van der Waals surface area contributed by atoms with Gasteiger partial charge in [0.2, 0.25) is 5.91 Å². The van der Waals surface area contributed by atoms with Gasteiger partial charge in [-0.25, -0.2) is 0 Å². The van der Waals surface area contributed by atoms with Crippen LogP contribution in [0.1, 0.15) is 213 Å². The van der Waals surface area contributed by atoms with Crippen LogP contribution in [0.4, 0.5) is 0 Å². The highest BCUT2D eigenvalue weighted by molar-refractivity contribution is 5.76. The summed E-state index contributed by atoms with van der Waals surface area (Å²) < 4.78 is 34.3. The van der Waals surface area contributed by atoms with Crippen LogP contribution in [0.2, 0.25) is 0 Å². The van der Waals surface area contributed by atoms with Crippen molar-refractivity contribution in [3.63, 3.8) is 0 Å². The highest BCUT2D eigenvalue weighted by Crippen LogP contribution is 2.33. The Bertz CT molecular complexity index is 2180. The number of carbonyl (C=O) groups is 1. The molecule has 19 heteroatoms. The van der Waals surface area contributed by atoms with Crippen molar-refractivity contribution in [2.75, 3.05) is 26.4 Å². The van der Waals surface area contributed by atoms with Gasteiger partial charge in [-0.05, 0) is 96.3 Å². The predicted octanol–water partition coefficient (Wildman–Crippen LogP) is 9.99. The second kappa shape index (κ2) is 55.1. The Labute approximate surface area is 563 Å². The van der Waals surface area contributed by atoms with E-state index in [0.29, 0.717) is 12.8 Å². The van der Waals surface area contributed by atoms with E-state index in [4.69, 9.17) is 28.4 Å². The standard InChI is InChI=1S/C75H125NO18/c1-3-5-7-9-11-13-15-17-19-20-21-22-23-24-25-26-27-28-29-30-31-32-33-34-35-36-37-38-39-41-43-45-47-49-51-53-63(81)76-58(59(80)52-50-48-46-44-42-40-18-16-14-12-10-8-6-4-2)57-89-73-69(87)66(84)71(61(55-78)91-73)94-75-70(88)67(85)72(62(56-79)92-75)93-74-68(86)65(83)64(82)60(54-77)90-74/h5,7,11,13,17,19,21-22,24-25,27-28,30-31,33-34,42,44,50,52,58-62,64-75,77-80,82-88H,3-4,6,8-10,12,14-16,18,20,23,26,29,32,35-41,43,45-49,51,53-57H2,1-2H3,(H,76,81)/b7-5-,13-11-,19-17-,22-21-,25-24-,28-27-,31-30-,34-33-,44-42+,52-50+. The molecule has 3 saturated heterocycles. The van der Waals surface area contributed by atoms with Crippen LogP contribution < -0.4 is 5.32 Å². The van der Waals surface area contributed by atoms with Crippen LogP contribution in [0.5, 0.6) is 0 Å². The molecule has 0 spiro atoms. The Hall–Kier alpha value is -3.81. The van der Waals surface area contributed by atoms with E-state index in [1.165, 1.54) is 77.0 Å². The van der Waals surface area contributed by atoms with Gasteiger partial charge in [-0.1, -0.05) is 232 Å². The first-order chi connectivity index (χ1) is 45.8. The van der Waals surface area contributed by atoms with Crippen LogP contribution in [0.3, 0.4) is 0 Å². The third kappa shape index (κ3) is 36.1. The molecule has 3 aliphatic heterocycles. The van der Waals surface area contributed by atoms with Crippen LogP contribution in [0.25, 0.3) is 0 Å². The van der Waals surface area contributed by atoms with Gasteiger partial charge in [0, 0.05) is 6.42 Å². The number of hydrogen-bond donors (Lipinski definition) is 12. The Balaban J connectivity index is 1.38. The molecule has 3 aliphatic rings. The summed E-state index contributed by atoms with van der Waals surface area (Å²) in [6.45, 7) is 1.56. The van der Waals surface area contributed by atoms with Gasteiger partial charge in [0.1, 0.15) is 73.2 Å². The lowest BCUT2D eigenvalue weighted by atomic mass is 9.96. The maximum absolute atomic E-state index is 13.4. The molecule has 3 heterocycles. The summed E-state index contributed by atoms with van der Waals surface area (Å²) in [7, 11) is 0. The molecule has 3 rings (SSSR count). The zero-order valence-electron chi connectivity index (χ0n) is 56.9. The fourth-order valence-corrected chi connectivity index (χ4v) is 11.2. The molecule has 538 valence electrons. The smallest absolute Gasteiger partial charge is 0.220 e. The molecule has 0 aromatic heterocycles. The number of unbranched alkanes of at least 4 members (excludes halogenated alkanes) is 19. The number of hydrogen-bond acceptors (Lipinski definition) is 18. The van der Waals surface area contributed by atoms with Crippen LogP contribution in [0.15, 0.2) is 122 Å². The zero-order chi connectivity index (χ0) is 68.2. The van der Waals surface area contributed by atoms with Crippen molar-refractivity contribution in [2.24, 2.45) is 0 Å². The van der Waals surface area contributed by atoms with Gasteiger partial charge in [-0.15, -0.1) is 0 Å². The molecular weight excluding hydrogens is 1200 g/mol. The van der Waals surface area contributed by atoms with Crippen molar-refractivity contribution in [1.82, 2.24) is 5.32 Å². The van der Waals surface area contributed by atoms with E-state index < -0.39 is 124 Å². The topological polar surface area (TPSA) is 307 Å². The number of aliphatic hydroxyl groups excluding tert-OH is 11. The Morgan fingerprint density at radius 3 is 1.19 bits per heavy atom. The minimum atomic E-state index is -1.99. The van der Waals surface area contributed by atoms with Crippen molar-refractivity contribution in [1.29, 1.82) is 0 Å². The van der Waals surface area contributed by atoms with E-state index in [1.807, 2.05) is 6.08 Å². The molecular formula is C75H125NO18. The summed E-state index contributed by atoms with van der Waals surface area (Å²) in [4.78, 5) is 13.4. The van der Waals surface area contributed by atoms with E-state index in [-0.39, 0.29) is 18.9 Å². The summed E-state index contributed by atoms with van der Waals surface area (Å²) in [5.41, 5.74) is 0. The van der Waals surface area contributed by atoms with Gasteiger partial charge in [-0.3, -0.25) is 4.79 Å². The molecule has 1 amide bonds. The second-order valence-electron chi connectivity index (χ2n) is 25.0. The number of carbonyl (C=O) groups excluding carboxylic acids is 1. The highest BCUT2D eigenvalue weighted by Gasteiger charge is 2.53. The lowest BCUT2D eigenvalue weighted by Crippen LogP contribution is -2.66. The minimum Gasteiger partial charge on any atom is -0.394 e. The average molecular weight is 1330 g/mol. The van der Waals surface area contributed by atoms with E-state index in [1.54, 1.807) is 6.08 Å². The van der Waals surface area contributed by atoms with Crippen LogP contribution in [0, 0.1) is 0 Å². The van der Waals surface area contributed by atoms with Crippen molar-refractivity contribution < 1.29 is 89.4 Å². The van der Waals surface area contributed by atoms with Gasteiger partial charge >= 0.3 is 0 Å². The number of ether oxygens (including phenoxy) is 6. The van der Waals surface area contributed by atoms with Crippen molar-refractivity contribution in [2.45, 2.75) is 317 Å². The fraction of sp³-hybridized carbons (Fsp3) is 0.720. The Morgan fingerprint density at radius 2 is 0.745 bits per heavy atom. The molecule has 0 radical (unpaired) electrons. The maximum atomic E-state index is 13.4. The summed E-state index contributed by atoms with van der Waals surface area (Å²) in [6, 6.07) is -1.00. The van der Waals surface area contributed by atoms with Gasteiger partial charge in [0.25, 0.3) is 0 Å². The first-order valence-electron chi connectivity index (χ1n) is 35.8. The monoisotopic (exact) mass is 1330 g/mol. The summed E-state index contributed by atoms with van der Waals surface area (Å²) in [5.74, 6) is -0.296. The third-order valence-corrected chi connectivity index (χ3v) is 17.0. The summed E-state index contributed by atoms with van der Waals surface area (Å²) in [5, 5.41) is 120. The number of rotatable bonds is 53. The first-order valence-corrected chi connectivity index (χ1v) is 35.8. The quantitative estimate of drug-likeness (QED) is 0.0199. The van der Waals surface area contributed by atoms with Crippen LogP contribution in [-0.2, 0) is 33.2 Å². The summed E-state index contributed by atoms with van der Waals surface area (Å²) >= 11 is 0. The zero-order valence-corrected chi connectivity index (χ0v) is 56.9. The Morgan fingerprint density at radius 1 is 0.394 bits per heavy atom. The predicted molar refractivity (Wildman–Crippen MR) is 369 cm³/mol. The second-order valence-corrected chi connectivity index (χ2v) is 25.0. The minimum absolute atomic E-state index is 0.222. The average Bonchev–Trinajstić information content (AvgIpc) is 0.792. The molecule has 0 bridgehead atoms. The largest absolute Gasteiger partial charge is 0.394 e. The van der Waals surface area contributed by atoms with Gasteiger partial charge < -0.3 is 89.9 Å². The van der Waals surface area contributed by atoms with E-state index in [0.717, 1.165) is 103 Å². The van der Waals surface area contributed by atoms with Crippen molar-refractivity contribution in [3.05, 3.63) is 122 Å².